The Morgan fingerprint density at radius 1 is 1.30 bits per heavy atom. The van der Waals surface area contributed by atoms with Crippen molar-refractivity contribution in [1.29, 1.82) is 0 Å². The van der Waals surface area contributed by atoms with Gasteiger partial charge in [-0.15, -0.1) is 0 Å². The molecule has 6 heteroatoms. The van der Waals surface area contributed by atoms with E-state index in [0.29, 0.717) is 24.4 Å². The number of carbonyl (C=O) groups excluding carboxylic acids is 3. The Bertz CT molecular complexity index is 726. The lowest BCUT2D eigenvalue weighted by Crippen LogP contribution is -2.52. The summed E-state index contributed by atoms with van der Waals surface area (Å²) >= 11 is 0. The van der Waals surface area contributed by atoms with E-state index in [9.17, 15) is 14.4 Å². The van der Waals surface area contributed by atoms with Crippen LogP contribution in [0.25, 0.3) is 0 Å². The van der Waals surface area contributed by atoms with Crippen molar-refractivity contribution >= 4 is 17.7 Å². The van der Waals surface area contributed by atoms with Crippen molar-refractivity contribution in [3.05, 3.63) is 23.0 Å². The lowest BCUT2D eigenvalue weighted by molar-refractivity contribution is -0.133. The van der Waals surface area contributed by atoms with Gasteiger partial charge in [0.1, 0.15) is 5.54 Å². The smallest absolute Gasteiger partial charge is 0.325 e. The van der Waals surface area contributed by atoms with Gasteiger partial charge in [0.2, 0.25) is 0 Å². The van der Waals surface area contributed by atoms with E-state index in [1.165, 1.54) is 0 Å². The Labute approximate surface area is 134 Å². The van der Waals surface area contributed by atoms with Gasteiger partial charge in [0.05, 0.1) is 6.54 Å². The number of ketones is 1. The number of Topliss-reactive ketones (excluding diaryl/α,β-unsaturated/α-hetero) is 1. The highest BCUT2D eigenvalue weighted by Gasteiger charge is 2.55. The minimum absolute atomic E-state index is 0.162. The zero-order valence-corrected chi connectivity index (χ0v) is 13.5. The second-order valence-corrected chi connectivity index (χ2v) is 7.07. The van der Waals surface area contributed by atoms with Crippen LogP contribution in [0.4, 0.5) is 4.79 Å². The maximum atomic E-state index is 12.7. The fraction of sp³-hybridized carbons (Fsp3) is 0.588. The average molecular weight is 315 g/mol. The first-order valence-electron chi connectivity index (χ1n) is 8.29. The maximum Gasteiger partial charge on any atom is 0.325 e. The lowest BCUT2D eigenvalue weighted by atomic mass is 9.77. The van der Waals surface area contributed by atoms with Crippen molar-refractivity contribution in [3.8, 4) is 0 Å². The summed E-state index contributed by atoms with van der Waals surface area (Å²) in [5, 5.41) is 2.76. The van der Waals surface area contributed by atoms with E-state index in [1.807, 2.05) is 19.9 Å². The van der Waals surface area contributed by atoms with Crippen LogP contribution in [-0.4, -0.2) is 39.3 Å². The van der Waals surface area contributed by atoms with E-state index in [0.717, 1.165) is 35.6 Å². The van der Waals surface area contributed by atoms with Crippen molar-refractivity contribution in [3.63, 3.8) is 0 Å². The zero-order chi connectivity index (χ0) is 16.4. The number of urea groups is 1. The predicted octanol–water partition coefficient (Wildman–Crippen LogP) is 2.10. The molecule has 4 rings (SSSR count). The summed E-state index contributed by atoms with van der Waals surface area (Å²) < 4.78 is 2.20. The number of aromatic nitrogens is 1. The summed E-state index contributed by atoms with van der Waals surface area (Å²) in [6.45, 7) is 3.78. The number of amides is 3. The molecular weight excluding hydrogens is 294 g/mol. The van der Waals surface area contributed by atoms with E-state index >= 15 is 0 Å². The van der Waals surface area contributed by atoms with Crippen LogP contribution in [0.3, 0.4) is 0 Å². The monoisotopic (exact) mass is 315 g/mol. The van der Waals surface area contributed by atoms with E-state index in [1.54, 1.807) is 0 Å². The van der Waals surface area contributed by atoms with Crippen LogP contribution in [-0.2, 0) is 4.79 Å². The van der Waals surface area contributed by atoms with Crippen molar-refractivity contribution in [2.45, 2.75) is 57.5 Å². The van der Waals surface area contributed by atoms with E-state index in [4.69, 9.17) is 0 Å². The molecule has 3 aliphatic rings. The molecule has 1 aliphatic heterocycles. The first-order valence-corrected chi connectivity index (χ1v) is 8.29. The summed E-state index contributed by atoms with van der Waals surface area (Å²) in [7, 11) is 0. The van der Waals surface area contributed by atoms with Gasteiger partial charge < -0.3 is 9.88 Å². The normalized spacial score (nSPS) is 22.4. The highest BCUT2D eigenvalue weighted by Crippen LogP contribution is 2.39. The van der Waals surface area contributed by atoms with Gasteiger partial charge >= 0.3 is 6.03 Å². The molecule has 1 saturated heterocycles. The molecular formula is C17H21N3O3. The first kappa shape index (κ1) is 14.5. The van der Waals surface area contributed by atoms with Crippen molar-refractivity contribution in [1.82, 2.24) is 14.8 Å². The minimum Gasteiger partial charge on any atom is -0.345 e. The quantitative estimate of drug-likeness (QED) is 0.683. The summed E-state index contributed by atoms with van der Waals surface area (Å²) in [5.74, 6) is -0.400. The van der Waals surface area contributed by atoms with Crippen molar-refractivity contribution < 1.29 is 14.4 Å². The van der Waals surface area contributed by atoms with Gasteiger partial charge in [-0.25, -0.2) is 4.79 Å². The van der Waals surface area contributed by atoms with Crippen molar-refractivity contribution in [2.24, 2.45) is 0 Å². The van der Waals surface area contributed by atoms with Gasteiger partial charge in [0.25, 0.3) is 5.91 Å². The number of rotatable bonds is 4. The summed E-state index contributed by atoms with van der Waals surface area (Å²) in [4.78, 5) is 38.3. The summed E-state index contributed by atoms with van der Waals surface area (Å²) in [6, 6.07) is 1.96. The number of nitrogens with zero attached hydrogens (tertiary/aromatic N) is 2. The zero-order valence-electron chi connectivity index (χ0n) is 13.5. The molecule has 23 heavy (non-hydrogen) atoms. The average Bonchev–Trinajstić information content (AvgIpc) is 3.20. The summed E-state index contributed by atoms with van der Waals surface area (Å²) in [5.41, 5.74) is 1.92. The van der Waals surface area contributed by atoms with Gasteiger partial charge in [0, 0.05) is 23.0 Å². The standard InChI is InChI=1S/C17H21N3O3/c1-10-8-13(11(2)20(10)12-4-5-12)14(21)9-19-15(22)17(6-3-7-17)18-16(19)23/h8,12H,3-7,9H2,1-2H3,(H,18,23). The molecule has 0 radical (unpaired) electrons. The topological polar surface area (TPSA) is 71.4 Å². The third-order valence-electron chi connectivity index (χ3n) is 5.45. The molecule has 6 nitrogen and oxygen atoms in total. The van der Waals surface area contributed by atoms with Gasteiger partial charge in [-0.1, -0.05) is 0 Å². The third-order valence-corrected chi connectivity index (χ3v) is 5.45. The Morgan fingerprint density at radius 3 is 2.52 bits per heavy atom. The second-order valence-electron chi connectivity index (χ2n) is 7.07. The number of nitrogens with one attached hydrogen (secondary N) is 1. The van der Waals surface area contributed by atoms with Gasteiger partial charge in [-0.05, 0) is 52.0 Å². The second kappa shape index (κ2) is 4.69. The molecule has 0 aromatic carbocycles. The Hall–Kier alpha value is -2.11. The third kappa shape index (κ3) is 2.04. The molecule has 122 valence electrons. The van der Waals surface area contributed by atoms with E-state index in [-0.39, 0.29) is 18.2 Å². The molecule has 1 N–H and O–H groups in total. The fourth-order valence-corrected chi connectivity index (χ4v) is 3.87. The molecule has 2 aliphatic carbocycles. The molecule has 0 unspecified atom stereocenters. The number of hydrogen-bond donors (Lipinski definition) is 1. The van der Waals surface area contributed by atoms with Crippen LogP contribution >= 0.6 is 0 Å². The lowest BCUT2D eigenvalue weighted by Gasteiger charge is -2.34. The first-order chi connectivity index (χ1) is 10.9. The predicted molar refractivity (Wildman–Crippen MR) is 83.3 cm³/mol. The summed E-state index contributed by atoms with van der Waals surface area (Å²) in [6.07, 6.45) is 4.60. The molecule has 3 fully saturated rings. The van der Waals surface area contributed by atoms with Gasteiger partial charge in [-0.2, -0.15) is 0 Å². The van der Waals surface area contributed by atoms with Crippen LogP contribution < -0.4 is 5.32 Å². The fourth-order valence-electron chi connectivity index (χ4n) is 3.87. The van der Waals surface area contributed by atoms with Crippen LogP contribution in [0, 0.1) is 13.8 Å². The Balaban J connectivity index is 1.55. The Morgan fingerprint density at radius 2 is 2.00 bits per heavy atom. The number of carbonyl (C=O) groups is 3. The molecule has 2 heterocycles. The van der Waals surface area contributed by atoms with E-state index in [2.05, 4.69) is 9.88 Å². The molecule has 2 saturated carbocycles. The number of imide groups is 1. The van der Waals surface area contributed by atoms with Crippen LogP contribution in [0.1, 0.15) is 59.9 Å². The highest BCUT2D eigenvalue weighted by molar-refractivity contribution is 6.11. The minimum atomic E-state index is -0.720. The molecule has 0 bridgehead atoms. The number of hydrogen-bond acceptors (Lipinski definition) is 3. The van der Waals surface area contributed by atoms with Gasteiger partial charge in [0.15, 0.2) is 5.78 Å². The van der Waals surface area contributed by atoms with Gasteiger partial charge in [-0.3, -0.25) is 14.5 Å². The Kier molecular flexibility index (Phi) is 2.95. The van der Waals surface area contributed by atoms with Crippen LogP contribution in [0.2, 0.25) is 0 Å². The number of aryl methyl sites for hydroxylation is 1. The van der Waals surface area contributed by atoms with E-state index < -0.39 is 11.6 Å². The molecule has 3 amide bonds. The van der Waals surface area contributed by atoms with Crippen LogP contribution in [0.5, 0.6) is 0 Å². The maximum absolute atomic E-state index is 12.7. The molecule has 1 aromatic heterocycles. The van der Waals surface area contributed by atoms with Crippen molar-refractivity contribution in [2.75, 3.05) is 6.54 Å². The molecule has 1 aromatic rings. The molecule has 0 atom stereocenters. The molecule has 1 spiro atoms. The largest absolute Gasteiger partial charge is 0.345 e. The highest BCUT2D eigenvalue weighted by atomic mass is 16.2. The van der Waals surface area contributed by atoms with Crippen LogP contribution in [0.15, 0.2) is 6.07 Å². The SMILES string of the molecule is Cc1cc(C(=O)CN2C(=O)NC3(CCC3)C2=O)c(C)n1C1CC1.